The number of nitro groups is 1. The van der Waals surface area contributed by atoms with Gasteiger partial charge < -0.3 is 14.8 Å². The average molecular weight is 500 g/mol. The number of hydrogen-bond donors (Lipinski definition) is 1. The van der Waals surface area contributed by atoms with Gasteiger partial charge in [-0.1, -0.05) is 17.7 Å². The Bertz CT molecular complexity index is 1110. The second-order valence-electron chi connectivity index (χ2n) is 6.93. The Hall–Kier alpha value is -2.89. The van der Waals surface area contributed by atoms with Crippen molar-refractivity contribution in [1.82, 2.24) is 5.32 Å². The van der Waals surface area contributed by atoms with Gasteiger partial charge in [-0.25, -0.2) is 8.42 Å². The van der Waals surface area contributed by atoms with E-state index in [9.17, 15) is 23.3 Å². The zero-order chi connectivity index (χ0) is 24.6. The zero-order valence-corrected chi connectivity index (χ0v) is 20.1. The molecule has 0 aliphatic carbocycles. The predicted octanol–water partition coefficient (Wildman–Crippen LogP) is 3.30. The summed E-state index contributed by atoms with van der Waals surface area (Å²) in [6.07, 6.45) is 0.553. The van der Waals surface area contributed by atoms with Crippen LogP contribution in [0.15, 0.2) is 41.3 Å². The van der Waals surface area contributed by atoms with E-state index in [0.29, 0.717) is 25.2 Å². The fourth-order valence-corrected chi connectivity index (χ4v) is 4.57. The first-order valence-electron chi connectivity index (χ1n) is 10.1. The number of amides is 1. The molecule has 1 N–H and O–H groups in total. The van der Waals surface area contributed by atoms with Crippen molar-refractivity contribution in [1.29, 1.82) is 0 Å². The van der Waals surface area contributed by atoms with E-state index < -0.39 is 27.4 Å². The van der Waals surface area contributed by atoms with E-state index in [-0.39, 0.29) is 33.6 Å². The van der Waals surface area contributed by atoms with Crippen LogP contribution in [0.3, 0.4) is 0 Å². The van der Waals surface area contributed by atoms with Gasteiger partial charge in [0.15, 0.2) is 0 Å². The lowest BCUT2D eigenvalue weighted by Crippen LogP contribution is -2.41. The Morgan fingerprint density at radius 1 is 1.24 bits per heavy atom. The molecule has 0 spiro atoms. The SMILES string of the molecule is CCOCCCNC(=O)CN(c1cc(Cl)ccc1OC)S(=O)(=O)c1ccc(C)c([N+](=O)[O-])c1. The molecule has 2 aromatic rings. The second kappa shape index (κ2) is 11.8. The lowest BCUT2D eigenvalue weighted by atomic mass is 10.2. The third kappa shape index (κ3) is 6.80. The smallest absolute Gasteiger partial charge is 0.273 e. The van der Waals surface area contributed by atoms with Crippen LogP contribution in [-0.2, 0) is 19.6 Å². The van der Waals surface area contributed by atoms with E-state index >= 15 is 0 Å². The van der Waals surface area contributed by atoms with Crippen LogP contribution in [0.25, 0.3) is 0 Å². The molecule has 33 heavy (non-hydrogen) atoms. The number of carbonyl (C=O) groups is 1. The summed E-state index contributed by atoms with van der Waals surface area (Å²) in [4.78, 5) is 22.9. The van der Waals surface area contributed by atoms with Crippen LogP contribution >= 0.6 is 11.6 Å². The van der Waals surface area contributed by atoms with E-state index in [2.05, 4.69) is 5.32 Å². The number of rotatable bonds is 12. The molecule has 0 atom stereocenters. The number of methoxy groups -OCH3 is 1. The Balaban J connectivity index is 2.47. The Labute approximate surface area is 197 Å². The van der Waals surface area contributed by atoms with Gasteiger partial charge in [0.1, 0.15) is 12.3 Å². The fourth-order valence-electron chi connectivity index (χ4n) is 2.96. The van der Waals surface area contributed by atoms with Crippen LogP contribution in [0.4, 0.5) is 11.4 Å². The van der Waals surface area contributed by atoms with Gasteiger partial charge in [-0.05, 0) is 44.5 Å². The molecule has 2 rings (SSSR count). The number of anilines is 1. The molecule has 0 bridgehead atoms. The molecule has 1 amide bonds. The topological polar surface area (TPSA) is 128 Å². The van der Waals surface area contributed by atoms with Crippen molar-refractivity contribution >= 4 is 38.9 Å². The van der Waals surface area contributed by atoms with E-state index in [4.69, 9.17) is 21.1 Å². The first-order chi connectivity index (χ1) is 15.6. The van der Waals surface area contributed by atoms with Crippen molar-refractivity contribution in [3.05, 3.63) is 57.1 Å². The van der Waals surface area contributed by atoms with Gasteiger partial charge in [0.05, 0.1) is 22.6 Å². The monoisotopic (exact) mass is 499 g/mol. The molecular formula is C21H26ClN3O7S. The molecule has 0 saturated heterocycles. The quantitative estimate of drug-likeness (QED) is 0.269. The molecule has 10 nitrogen and oxygen atoms in total. The predicted molar refractivity (Wildman–Crippen MR) is 124 cm³/mol. The molecule has 12 heteroatoms. The molecule has 0 aromatic heterocycles. The first-order valence-corrected chi connectivity index (χ1v) is 11.9. The lowest BCUT2D eigenvalue weighted by Gasteiger charge is -2.26. The molecule has 0 aliphatic rings. The lowest BCUT2D eigenvalue weighted by molar-refractivity contribution is -0.385. The van der Waals surface area contributed by atoms with Crippen LogP contribution < -0.4 is 14.4 Å². The van der Waals surface area contributed by atoms with Crippen molar-refractivity contribution < 1.29 is 27.6 Å². The summed E-state index contributed by atoms with van der Waals surface area (Å²) in [6.45, 7) is 4.06. The maximum absolute atomic E-state index is 13.6. The van der Waals surface area contributed by atoms with E-state index in [1.807, 2.05) is 6.92 Å². The van der Waals surface area contributed by atoms with Crippen molar-refractivity contribution in [3.63, 3.8) is 0 Å². The number of benzene rings is 2. The summed E-state index contributed by atoms with van der Waals surface area (Å²) in [7, 11) is -3.06. The summed E-state index contributed by atoms with van der Waals surface area (Å²) in [5.41, 5.74) is -0.0231. The minimum atomic E-state index is -4.41. The van der Waals surface area contributed by atoms with Gasteiger partial charge in [-0.3, -0.25) is 19.2 Å². The maximum atomic E-state index is 13.6. The van der Waals surface area contributed by atoms with Crippen LogP contribution in [0.1, 0.15) is 18.9 Å². The van der Waals surface area contributed by atoms with E-state index in [1.165, 1.54) is 44.4 Å². The first kappa shape index (κ1) is 26.4. The zero-order valence-electron chi connectivity index (χ0n) is 18.5. The van der Waals surface area contributed by atoms with Crippen molar-refractivity contribution in [3.8, 4) is 5.75 Å². The van der Waals surface area contributed by atoms with Crippen LogP contribution in [0, 0.1) is 17.0 Å². The third-order valence-corrected chi connectivity index (χ3v) is 6.64. The van der Waals surface area contributed by atoms with Gasteiger partial charge in [-0.15, -0.1) is 0 Å². The van der Waals surface area contributed by atoms with Crippen molar-refractivity contribution in [2.24, 2.45) is 0 Å². The van der Waals surface area contributed by atoms with E-state index in [0.717, 1.165) is 10.4 Å². The molecule has 0 saturated carbocycles. The highest BCUT2D eigenvalue weighted by molar-refractivity contribution is 7.92. The van der Waals surface area contributed by atoms with Gasteiger partial charge in [-0.2, -0.15) is 0 Å². The van der Waals surface area contributed by atoms with Crippen LogP contribution in [0.2, 0.25) is 5.02 Å². The van der Waals surface area contributed by atoms with Gasteiger partial charge >= 0.3 is 0 Å². The minimum Gasteiger partial charge on any atom is -0.495 e. The summed E-state index contributed by atoms with van der Waals surface area (Å²) in [5.74, 6) is -0.410. The number of halogens is 1. The van der Waals surface area contributed by atoms with Crippen molar-refractivity contribution in [2.45, 2.75) is 25.2 Å². The Morgan fingerprint density at radius 2 is 1.97 bits per heavy atom. The summed E-state index contributed by atoms with van der Waals surface area (Å²) in [6, 6.07) is 7.89. The van der Waals surface area contributed by atoms with Gasteiger partial charge in [0.25, 0.3) is 15.7 Å². The second-order valence-corrected chi connectivity index (χ2v) is 9.23. The molecule has 0 aliphatic heterocycles. The van der Waals surface area contributed by atoms with Gasteiger partial charge in [0.2, 0.25) is 5.91 Å². The number of hydrogen-bond acceptors (Lipinski definition) is 7. The number of sulfonamides is 1. The third-order valence-electron chi connectivity index (χ3n) is 4.65. The normalized spacial score (nSPS) is 11.2. The minimum absolute atomic E-state index is 0.0256. The summed E-state index contributed by atoms with van der Waals surface area (Å²) < 4.78 is 38.4. The Kier molecular flexibility index (Phi) is 9.44. The molecule has 0 unspecified atom stereocenters. The maximum Gasteiger partial charge on any atom is 0.273 e. The number of nitrogens with one attached hydrogen (secondary N) is 1. The van der Waals surface area contributed by atoms with Crippen LogP contribution in [-0.4, -0.2) is 52.7 Å². The molecule has 2 aromatic carbocycles. The van der Waals surface area contributed by atoms with Crippen molar-refractivity contribution in [2.75, 3.05) is 37.7 Å². The number of nitrogens with zero attached hydrogens (tertiary/aromatic N) is 2. The van der Waals surface area contributed by atoms with Crippen LogP contribution in [0.5, 0.6) is 5.75 Å². The summed E-state index contributed by atoms with van der Waals surface area (Å²) >= 11 is 6.09. The number of ether oxygens (including phenoxy) is 2. The summed E-state index contributed by atoms with van der Waals surface area (Å²) in [5, 5.41) is 14.2. The highest BCUT2D eigenvalue weighted by Crippen LogP contribution is 2.35. The number of aryl methyl sites for hydroxylation is 1. The number of nitro benzene ring substituents is 1. The van der Waals surface area contributed by atoms with E-state index in [1.54, 1.807) is 0 Å². The largest absolute Gasteiger partial charge is 0.495 e. The molecular weight excluding hydrogens is 474 g/mol. The average Bonchev–Trinajstić information content (AvgIpc) is 2.77. The fraction of sp³-hybridized carbons (Fsp3) is 0.381. The molecule has 0 radical (unpaired) electrons. The molecule has 0 heterocycles. The molecule has 0 fully saturated rings. The van der Waals surface area contributed by atoms with Gasteiger partial charge in [0, 0.05) is 36.4 Å². The highest BCUT2D eigenvalue weighted by atomic mass is 35.5. The standard InChI is InChI=1S/C21H26ClN3O7S/c1-4-32-11-5-10-23-21(26)14-24(19-12-16(22)7-9-20(19)31-3)33(29,30)17-8-6-15(2)18(13-17)25(27)28/h6-9,12-13H,4-5,10-11,14H2,1-3H3,(H,23,26). The Morgan fingerprint density at radius 3 is 2.61 bits per heavy atom. The molecule has 180 valence electrons. The highest BCUT2D eigenvalue weighted by Gasteiger charge is 2.31. The number of carbonyl (C=O) groups excluding carboxylic acids is 1.